The lowest BCUT2D eigenvalue weighted by Gasteiger charge is -2.34. The van der Waals surface area contributed by atoms with Gasteiger partial charge in [-0.25, -0.2) is 15.0 Å². The summed E-state index contributed by atoms with van der Waals surface area (Å²) in [6, 6.07) is 73.5. The van der Waals surface area contributed by atoms with E-state index < -0.39 is 5.41 Å². The van der Waals surface area contributed by atoms with Crippen LogP contribution in [0.15, 0.2) is 206 Å². The first kappa shape index (κ1) is 33.3. The molecule has 10 rings (SSSR count). The lowest BCUT2D eigenvalue weighted by Crippen LogP contribution is -2.28. The lowest BCUT2D eigenvalue weighted by atomic mass is 9.67. The van der Waals surface area contributed by atoms with Crippen molar-refractivity contribution in [2.24, 2.45) is 0 Å². The minimum Gasteiger partial charge on any atom is -0.208 e. The van der Waals surface area contributed by atoms with E-state index in [1.807, 2.05) is 24.3 Å². The first-order valence-electron chi connectivity index (χ1n) is 19.1. The van der Waals surface area contributed by atoms with Crippen LogP contribution in [0.5, 0.6) is 0 Å². The molecule has 0 spiro atoms. The molecule has 56 heavy (non-hydrogen) atoms. The Labute approximate surface area is 327 Å². The Morgan fingerprint density at radius 1 is 0.304 bits per heavy atom. The number of aromatic nitrogens is 3. The van der Waals surface area contributed by atoms with Crippen molar-refractivity contribution in [3.05, 3.63) is 234 Å². The summed E-state index contributed by atoms with van der Waals surface area (Å²) in [4.78, 5) is 15.5. The Hall–Kier alpha value is -7.23. The Morgan fingerprint density at radius 2 is 0.750 bits per heavy atom. The highest BCUT2D eigenvalue weighted by Crippen LogP contribution is 2.56. The zero-order chi connectivity index (χ0) is 37.5. The molecule has 0 radical (unpaired) electrons. The monoisotopic (exact) mass is 715 g/mol. The summed E-state index contributed by atoms with van der Waals surface area (Å²) in [7, 11) is 0. The molecule has 0 bridgehead atoms. The van der Waals surface area contributed by atoms with Crippen LogP contribution in [-0.2, 0) is 5.41 Å². The van der Waals surface area contributed by atoms with E-state index in [4.69, 9.17) is 15.0 Å². The van der Waals surface area contributed by atoms with Crippen LogP contribution in [0.3, 0.4) is 0 Å². The number of rotatable bonds is 7. The fourth-order valence-electron chi connectivity index (χ4n) is 8.45. The van der Waals surface area contributed by atoms with E-state index in [1.54, 1.807) is 0 Å². The van der Waals surface area contributed by atoms with Crippen molar-refractivity contribution in [1.82, 2.24) is 15.0 Å². The van der Waals surface area contributed by atoms with Crippen molar-refractivity contribution in [3.8, 4) is 67.5 Å². The maximum atomic E-state index is 5.25. The molecule has 9 aromatic rings. The Balaban J connectivity index is 1.18. The van der Waals surface area contributed by atoms with Gasteiger partial charge in [-0.1, -0.05) is 206 Å². The van der Waals surface area contributed by atoms with Gasteiger partial charge in [-0.2, -0.15) is 0 Å². The van der Waals surface area contributed by atoms with E-state index in [0.29, 0.717) is 17.5 Å². The van der Waals surface area contributed by atoms with Crippen molar-refractivity contribution in [1.29, 1.82) is 0 Å². The molecule has 0 fully saturated rings. The van der Waals surface area contributed by atoms with Gasteiger partial charge >= 0.3 is 0 Å². The molecule has 1 aliphatic carbocycles. The molecule has 1 unspecified atom stereocenters. The highest BCUT2D eigenvalue weighted by molar-refractivity contribution is 5.89. The fraction of sp³-hybridized carbons (Fsp3) is 0.0377. The molecular formula is C53H37N3. The van der Waals surface area contributed by atoms with Gasteiger partial charge in [-0.05, 0) is 68.6 Å². The number of benzene rings is 8. The van der Waals surface area contributed by atoms with Gasteiger partial charge in [0.25, 0.3) is 0 Å². The number of hydrogen-bond donors (Lipinski definition) is 0. The zero-order valence-corrected chi connectivity index (χ0v) is 31.0. The topological polar surface area (TPSA) is 38.7 Å². The van der Waals surface area contributed by atoms with Crippen molar-refractivity contribution >= 4 is 0 Å². The second-order valence-electron chi connectivity index (χ2n) is 14.4. The summed E-state index contributed by atoms with van der Waals surface area (Å²) in [5, 5.41) is 0. The zero-order valence-electron chi connectivity index (χ0n) is 31.0. The maximum absolute atomic E-state index is 5.25. The molecule has 0 N–H and O–H groups in total. The van der Waals surface area contributed by atoms with Crippen LogP contribution in [0, 0.1) is 6.92 Å². The third-order valence-electron chi connectivity index (χ3n) is 11.1. The van der Waals surface area contributed by atoms with E-state index in [2.05, 4.69) is 189 Å². The average molecular weight is 716 g/mol. The summed E-state index contributed by atoms with van der Waals surface area (Å²) in [5.74, 6) is 1.92. The molecule has 3 nitrogen and oxygen atoms in total. The fourth-order valence-corrected chi connectivity index (χ4v) is 8.45. The van der Waals surface area contributed by atoms with Crippen LogP contribution in [0.25, 0.3) is 67.5 Å². The molecule has 0 aliphatic heterocycles. The van der Waals surface area contributed by atoms with Gasteiger partial charge in [-0.15, -0.1) is 0 Å². The first-order valence-corrected chi connectivity index (χ1v) is 19.1. The minimum atomic E-state index is -0.526. The molecule has 1 aromatic heterocycles. The molecule has 1 heterocycles. The van der Waals surface area contributed by atoms with E-state index in [-0.39, 0.29) is 0 Å². The first-order chi connectivity index (χ1) is 27.7. The second-order valence-corrected chi connectivity index (χ2v) is 14.4. The second kappa shape index (κ2) is 13.9. The summed E-state index contributed by atoms with van der Waals surface area (Å²) in [6.07, 6.45) is 0. The largest absolute Gasteiger partial charge is 0.208 e. The smallest absolute Gasteiger partial charge is 0.164 e. The van der Waals surface area contributed by atoms with E-state index in [9.17, 15) is 0 Å². The Morgan fingerprint density at radius 3 is 1.41 bits per heavy atom. The third-order valence-corrected chi connectivity index (χ3v) is 11.1. The highest BCUT2D eigenvalue weighted by atomic mass is 15.0. The molecular weight excluding hydrogens is 679 g/mol. The van der Waals surface area contributed by atoms with Gasteiger partial charge in [0.15, 0.2) is 17.5 Å². The third kappa shape index (κ3) is 5.64. The predicted octanol–water partition coefficient (Wildman–Crippen LogP) is 12.9. The van der Waals surface area contributed by atoms with Gasteiger partial charge < -0.3 is 0 Å². The van der Waals surface area contributed by atoms with Crippen LogP contribution in [0.4, 0.5) is 0 Å². The van der Waals surface area contributed by atoms with Crippen LogP contribution in [-0.4, -0.2) is 15.0 Å². The van der Waals surface area contributed by atoms with Crippen molar-refractivity contribution in [2.45, 2.75) is 12.3 Å². The van der Waals surface area contributed by atoms with Gasteiger partial charge in [-0.3, -0.25) is 0 Å². The SMILES string of the molecule is Cc1ccc(C2(c3ccc(-c4ccccc4)cc3)c3ccccc3-c3cc(-c4nc(-c5ccccc5)nc(-c5ccccc5-c5ccccc5)n4)ccc32)cc1. The molecule has 3 heteroatoms. The van der Waals surface area contributed by atoms with Crippen molar-refractivity contribution in [2.75, 3.05) is 0 Å². The van der Waals surface area contributed by atoms with Crippen LogP contribution in [0.1, 0.15) is 27.8 Å². The molecule has 8 aromatic carbocycles. The summed E-state index contributed by atoms with van der Waals surface area (Å²) >= 11 is 0. The molecule has 0 saturated carbocycles. The van der Waals surface area contributed by atoms with Gasteiger partial charge in [0.2, 0.25) is 0 Å². The van der Waals surface area contributed by atoms with Gasteiger partial charge in [0.1, 0.15) is 0 Å². The standard InChI is InChI=1S/C53H37N3/c1-36-25-30-42(31-26-36)53(43-32-27-38(28-33-43)37-15-5-2-6-16-37)48-24-14-13-22-45(48)47-35-41(29-34-49(47)53)51-54-50(40-19-9-4-10-20-40)55-52(56-51)46-23-12-11-21-44(46)39-17-7-3-8-18-39/h2-35H,1H3. The molecule has 1 aliphatic rings. The number of aryl methyl sites for hydroxylation is 1. The Bertz CT molecular complexity index is 2830. The Kier molecular flexibility index (Phi) is 8.26. The summed E-state index contributed by atoms with van der Waals surface area (Å²) < 4.78 is 0. The van der Waals surface area contributed by atoms with Crippen LogP contribution < -0.4 is 0 Å². The van der Waals surface area contributed by atoms with Crippen LogP contribution in [0.2, 0.25) is 0 Å². The van der Waals surface area contributed by atoms with Crippen LogP contribution >= 0.6 is 0 Å². The predicted molar refractivity (Wildman–Crippen MR) is 229 cm³/mol. The molecule has 0 saturated heterocycles. The number of fused-ring (bicyclic) bond motifs is 3. The average Bonchev–Trinajstić information content (AvgIpc) is 3.58. The summed E-state index contributed by atoms with van der Waals surface area (Å²) in [6.45, 7) is 2.15. The quantitative estimate of drug-likeness (QED) is 0.165. The molecule has 264 valence electrons. The summed E-state index contributed by atoms with van der Waals surface area (Å²) in [5.41, 5.74) is 15.5. The minimum absolute atomic E-state index is 0.526. The van der Waals surface area contributed by atoms with Crippen molar-refractivity contribution < 1.29 is 0 Å². The lowest BCUT2D eigenvalue weighted by molar-refractivity contribution is 0.768. The number of nitrogens with zero attached hydrogens (tertiary/aromatic N) is 3. The van der Waals surface area contributed by atoms with Gasteiger partial charge in [0.05, 0.1) is 5.41 Å². The number of hydrogen-bond acceptors (Lipinski definition) is 3. The van der Waals surface area contributed by atoms with Gasteiger partial charge in [0, 0.05) is 16.7 Å². The molecule has 1 atom stereocenters. The normalized spacial score (nSPS) is 14.2. The van der Waals surface area contributed by atoms with E-state index in [0.717, 1.165) is 27.8 Å². The maximum Gasteiger partial charge on any atom is 0.164 e. The van der Waals surface area contributed by atoms with E-state index >= 15 is 0 Å². The van der Waals surface area contributed by atoms with Crippen molar-refractivity contribution in [3.63, 3.8) is 0 Å². The van der Waals surface area contributed by atoms with E-state index in [1.165, 1.54) is 50.1 Å². The molecule has 0 amide bonds. The highest BCUT2D eigenvalue weighted by Gasteiger charge is 2.46.